The second kappa shape index (κ2) is 8.60. The molecular weight excluding hydrogens is 340 g/mol. The van der Waals surface area contributed by atoms with Crippen LogP contribution in [-0.4, -0.2) is 34.6 Å². The van der Waals surface area contributed by atoms with Crippen molar-refractivity contribution in [3.05, 3.63) is 65.5 Å². The molecule has 6 nitrogen and oxygen atoms in total. The summed E-state index contributed by atoms with van der Waals surface area (Å²) in [5.74, 6) is 0.899. The lowest BCUT2D eigenvalue weighted by Gasteiger charge is -2.15. The maximum Gasteiger partial charge on any atom is 0.247 e. The molecule has 27 heavy (non-hydrogen) atoms. The SMILES string of the molecule is CCc1ccccc1NC(=O)CN(C)Cc1nnc(-c2cccc(C)c2)o1. The van der Waals surface area contributed by atoms with E-state index in [-0.39, 0.29) is 12.5 Å². The summed E-state index contributed by atoms with van der Waals surface area (Å²) in [5.41, 5.74) is 4.00. The number of para-hydroxylation sites is 1. The summed E-state index contributed by atoms with van der Waals surface area (Å²) in [6.45, 7) is 4.73. The van der Waals surface area contributed by atoms with E-state index in [2.05, 4.69) is 22.4 Å². The zero-order valence-electron chi connectivity index (χ0n) is 15.9. The lowest BCUT2D eigenvalue weighted by atomic mass is 10.1. The highest BCUT2D eigenvalue weighted by Crippen LogP contribution is 2.19. The number of anilines is 1. The Morgan fingerprint density at radius 1 is 1.15 bits per heavy atom. The van der Waals surface area contributed by atoms with Crippen LogP contribution in [-0.2, 0) is 17.8 Å². The van der Waals surface area contributed by atoms with Gasteiger partial charge in [0.2, 0.25) is 17.7 Å². The van der Waals surface area contributed by atoms with E-state index in [4.69, 9.17) is 4.42 Å². The van der Waals surface area contributed by atoms with Crippen molar-refractivity contribution in [3.63, 3.8) is 0 Å². The molecule has 140 valence electrons. The molecule has 3 rings (SSSR count). The predicted octanol–water partition coefficient (Wildman–Crippen LogP) is 3.68. The van der Waals surface area contributed by atoms with Gasteiger partial charge in [-0.3, -0.25) is 9.69 Å². The molecule has 0 aliphatic heterocycles. The van der Waals surface area contributed by atoms with E-state index in [0.29, 0.717) is 18.3 Å². The van der Waals surface area contributed by atoms with Gasteiger partial charge in [0.15, 0.2) is 0 Å². The summed E-state index contributed by atoms with van der Waals surface area (Å²) in [4.78, 5) is 14.2. The van der Waals surface area contributed by atoms with Crippen LogP contribution in [0.25, 0.3) is 11.5 Å². The standard InChI is InChI=1S/C21H24N4O2/c1-4-16-9-5-6-11-18(16)22-19(26)13-25(3)14-20-23-24-21(27-20)17-10-7-8-15(2)12-17/h5-12H,4,13-14H2,1-3H3,(H,22,26). The Balaban J connectivity index is 1.58. The second-order valence-corrected chi connectivity index (χ2v) is 6.60. The normalized spacial score (nSPS) is 11.0. The van der Waals surface area contributed by atoms with Crippen molar-refractivity contribution in [2.45, 2.75) is 26.8 Å². The molecule has 0 spiro atoms. The predicted molar refractivity (Wildman–Crippen MR) is 105 cm³/mol. The zero-order valence-corrected chi connectivity index (χ0v) is 15.9. The summed E-state index contributed by atoms with van der Waals surface area (Å²) < 4.78 is 5.74. The fraction of sp³-hybridized carbons (Fsp3) is 0.286. The number of amides is 1. The van der Waals surface area contributed by atoms with Gasteiger partial charge < -0.3 is 9.73 Å². The number of aromatic nitrogens is 2. The van der Waals surface area contributed by atoms with Crippen molar-refractivity contribution in [2.24, 2.45) is 0 Å². The van der Waals surface area contributed by atoms with Gasteiger partial charge in [0.05, 0.1) is 13.1 Å². The highest BCUT2D eigenvalue weighted by molar-refractivity contribution is 5.92. The molecule has 0 saturated heterocycles. The topological polar surface area (TPSA) is 71.3 Å². The van der Waals surface area contributed by atoms with Crippen LogP contribution >= 0.6 is 0 Å². The number of nitrogens with one attached hydrogen (secondary N) is 1. The molecule has 0 unspecified atom stereocenters. The number of hydrogen-bond acceptors (Lipinski definition) is 5. The maximum atomic E-state index is 12.3. The Kier molecular flexibility index (Phi) is 5.98. The van der Waals surface area contributed by atoms with E-state index in [1.807, 2.05) is 67.4 Å². The molecule has 6 heteroatoms. The molecule has 1 amide bonds. The van der Waals surface area contributed by atoms with Crippen LogP contribution in [0.2, 0.25) is 0 Å². The first kappa shape index (κ1) is 18.8. The maximum absolute atomic E-state index is 12.3. The van der Waals surface area contributed by atoms with Crippen molar-refractivity contribution >= 4 is 11.6 Å². The van der Waals surface area contributed by atoms with E-state index in [0.717, 1.165) is 28.8 Å². The third-order valence-corrected chi connectivity index (χ3v) is 4.22. The molecule has 0 saturated carbocycles. The largest absolute Gasteiger partial charge is 0.419 e. The van der Waals surface area contributed by atoms with Crippen LogP contribution < -0.4 is 5.32 Å². The lowest BCUT2D eigenvalue weighted by molar-refractivity contribution is -0.117. The second-order valence-electron chi connectivity index (χ2n) is 6.60. The Morgan fingerprint density at radius 2 is 1.96 bits per heavy atom. The van der Waals surface area contributed by atoms with Crippen LogP contribution in [0.5, 0.6) is 0 Å². The van der Waals surface area contributed by atoms with E-state index in [1.165, 1.54) is 0 Å². The van der Waals surface area contributed by atoms with Gasteiger partial charge in [0.25, 0.3) is 0 Å². The van der Waals surface area contributed by atoms with Crippen molar-refractivity contribution in [1.82, 2.24) is 15.1 Å². The summed E-state index contributed by atoms with van der Waals surface area (Å²) in [6, 6.07) is 15.7. The highest BCUT2D eigenvalue weighted by Gasteiger charge is 2.14. The molecule has 1 heterocycles. The third-order valence-electron chi connectivity index (χ3n) is 4.22. The fourth-order valence-corrected chi connectivity index (χ4v) is 2.88. The monoisotopic (exact) mass is 364 g/mol. The Bertz CT molecular complexity index is 920. The van der Waals surface area contributed by atoms with E-state index in [1.54, 1.807) is 0 Å². The van der Waals surface area contributed by atoms with Gasteiger partial charge in [0, 0.05) is 11.3 Å². The molecule has 0 aliphatic rings. The van der Waals surface area contributed by atoms with Gasteiger partial charge in [-0.1, -0.05) is 42.8 Å². The Hall–Kier alpha value is -2.99. The first-order valence-electron chi connectivity index (χ1n) is 9.01. The number of rotatable bonds is 7. The van der Waals surface area contributed by atoms with Crippen molar-refractivity contribution in [2.75, 3.05) is 18.9 Å². The Labute approximate surface area is 159 Å². The number of carbonyl (C=O) groups excluding carboxylic acids is 1. The minimum absolute atomic E-state index is 0.0724. The summed E-state index contributed by atoms with van der Waals surface area (Å²) >= 11 is 0. The number of hydrogen-bond donors (Lipinski definition) is 1. The molecule has 1 N–H and O–H groups in total. The van der Waals surface area contributed by atoms with Crippen molar-refractivity contribution in [3.8, 4) is 11.5 Å². The average Bonchev–Trinajstić information content (AvgIpc) is 3.10. The third kappa shape index (κ3) is 5.01. The van der Waals surface area contributed by atoms with Gasteiger partial charge in [0.1, 0.15) is 0 Å². The van der Waals surface area contributed by atoms with E-state index < -0.39 is 0 Å². The van der Waals surface area contributed by atoms with Crippen LogP contribution in [0.4, 0.5) is 5.69 Å². The quantitative estimate of drug-likeness (QED) is 0.692. The smallest absolute Gasteiger partial charge is 0.247 e. The van der Waals surface area contributed by atoms with Crippen molar-refractivity contribution in [1.29, 1.82) is 0 Å². The van der Waals surface area contributed by atoms with E-state index >= 15 is 0 Å². The molecular formula is C21H24N4O2. The van der Waals surface area contributed by atoms with Crippen molar-refractivity contribution < 1.29 is 9.21 Å². The van der Waals surface area contributed by atoms with Gasteiger partial charge in [-0.05, 0) is 44.2 Å². The molecule has 2 aromatic carbocycles. The van der Waals surface area contributed by atoms with Crippen LogP contribution in [0, 0.1) is 6.92 Å². The first-order chi connectivity index (χ1) is 13.0. The first-order valence-corrected chi connectivity index (χ1v) is 9.01. The lowest BCUT2D eigenvalue weighted by Crippen LogP contribution is -2.30. The highest BCUT2D eigenvalue weighted by atomic mass is 16.4. The average molecular weight is 364 g/mol. The minimum Gasteiger partial charge on any atom is -0.419 e. The number of nitrogens with zero attached hydrogens (tertiary/aromatic N) is 3. The van der Waals surface area contributed by atoms with Gasteiger partial charge >= 0.3 is 0 Å². The molecule has 0 aliphatic carbocycles. The molecule has 0 bridgehead atoms. The van der Waals surface area contributed by atoms with E-state index in [9.17, 15) is 4.79 Å². The zero-order chi connectivity index (χ0) is 19.2. The minimum atomic E-state index is -0.0724. The van der Waals surface area contributed by atoms with Gasteiger partial charge in [-0.15, -0.1) is 10.2 Å². The summed E-state index contributed by atoms with van der Waals surface area (Å²) in [7, 11) is 1.85. The molecule has 3 aromatic rings. The summed E-state index contributed by atoms with van der Waals surface area (Å²) in [6.07, 6.45) is 0.871. The van der Waals surface area contributed by atoms with Crippen LogP contribution in [0.15, 0.2) is 52.9 Å². The number of aryl methyl sites for hydroxylation is 2. The molecule has 0 atom stereocenters. The molecule has 0 fully saturated rings. The van der Waals surface area contributed by atoms with Crippen LogP contribution in [0.3, 0.4) is 0 Å². The number of carbonyl (C=O) groups is 1. The number of likely N-dealkylation sites (N-methyl/N-ethyl adjacent to an activating group) is 1. The number of benzene rings is 2. The van der Waals surface area contributed by atoms with Crippen LogP contribution in [0.1, 0.15) is 23.9 Å². The fourth-order valence-electron chi connectivity index (χ4n) is 2.88. The molecule has 1 aromatic heterocycles. The Morgan fingerprint density at radius 3 is 2.74 bits per heavy atom. The summed E-state index contributed by atoms with van der Waals surface area (Å²) in [5, 5.41) is 11.2. The van der Waals surface area contributed by atoms with Gasteiger partial charge in [-0.2, -0.15) is 0 Å². The van der Waals surface area contributed by atoms with Gasteiger partial charge in [-0.25, -0.2) is 0 Å². The molecule has 0 radical (unpaired) electrons.